The summed E-state index contributed by atoms with van der Waals surface area (Å²) in [5, 5.41) is 12.0. The predicted octanol–water partition coefficient (Wildman–Crippen LogP) is 1.09. The molecule has 1 aromatic rings. The van der Waals surface area contributed by atoms with E-state index in [-0.39, 0.29) is 19.1 Å². The maximum atomic E-state index is 11.3. The van der Waals surface area contributed by atoms with Crippen molar-refractivity contribution in [1.29, 1.82) is 0 Å². The Morgan fingerprint density at radius 1 is 1.35 bits per heavy atom. The molecule has 0 radical (unpaired) electrons. The molecule has 0 aromatic heterocycles. The monoisotopic (exact) mass is 237 g/mol. The average molecular weight is 237 g/mol. The van der Waals surface area contributed by atoms with Crippen LogP contribution in [0.2, 0.25) is 0 Å². The van der Waals surface area contributed by atoms with Crippen molar-refractivity contribution in [2.24, 2.45) is 0 Å². The van der Waals surface area contributed by atoms with Crippen LogP contribution in [-0.2, 0) is 16.1 Å². The molecule has 0 heterocycles. The molecule has 17 heavy (non-hydrogen) atoms. The first kappa shape index (κ1) is 13.7. The molecule has 0 fully saturated rings. The zero-order chi connectivity index (χ0) is 12.7. The lowest BCUT2D eigenvalue weighted by molar-refractivity contribution is -0.127. The van der Waals surface area contributed by atoms with Crippen LogP contribution in [0.3, 0.4) is 0 Å². The van der Waals surface area contributed by atoms with Gasteiger partial charge in [-0.05, 0) is 19.4 Å². The van der Waals surface area contributed by atoms with Gasteiger partial charge in [0.1, 0.15) is 6.61 Å². The third-order valence-electron chi connectivity index (χ3n) is 2.06. The Morgan fingerprint density at radius 3 is 2.59 bits per heavy atom. The third-order valence-corrected chi connectivity index (χ3v) is 2.06. The van der Waals surface area contributed by atoms with E-state index < -0.39 is 5.60 Å². The molecule has 0 aliphatic carbocycles. The normalized spacial score (nSPS) is 11.2. The van der Waals surface area contributed by atoms with Crippen molar-refractivity contribution in [1.82, 2.24) is 5.32 Å². The van der Waals surface area contributed by atoms with Gasteiger partial charge < -0.3 is 15.2 Å². The van der Waals surface area contributed by atoms with E-state index in [0.29, 0.717) is 6.61 Å². The molecule has 4 heteroatoms. The fourth-order valence-electron chi connectivity index (χ4n) is 1.20. The Morgan fingerprint density at radius 2 is 2.00 bits per heavy atom. The van der Waals surface area contributed by atoms with E-state index in [9.17, 15) is 9.90 Å². The molecular weight excluding hydrogens is 218 g/mol. The Labute approximate surface area is 102 Å². The molecule has 0 saturated heterocycles. The summed E-state index contributed by atoms with van der Waals surface area (Å²) < 4.78 is 5.25. The number of carbonyl (C=O) groups excluding carboxylic acids is 1. The van der Waals surface area contributed by atoms with Crippen LogP contribution in [0.15, 0.2) is 30.3 Å². The van der Waals surface area contributed by atoms with Crippen LogP contribution in [0.4, 0.5) is 0 Å². The summed E-state index contributed by atoms with van der Waals surface area (Å²) in [6.45, 7) is 3.92. The standard InChI is InChI=1S/C13H19NO3/c1-13(2,16)10-14-12(15)9-17-8-11-6-4-3-5-7-11/h3-7,16H,8-10H2,1-2H3,(H,14,15). The van der Waals surface area contributed by atoms with Crippen molar-refractivity contribution in [3.05, 3.63) is 35.9 Å². The molecule has 1 aromatic carbocycles. The molecule has 1 rings (SSSR count). The first-order chi connectivity index (χ1) is 7.97. The van der Waals surface area contributed by atoms with Gasteiger partial charge >= 0.3 is 0 Å². The summed E-state index contributed by atoms with van der Waals surface area (Å²) >= 11 is 0. The highest BCUT2D eigenvalue weighted by atomic mass is 16.5. The van der Waals surface area contributed by atoms with Gasteiger partial charge in [0.25, 0.3) is 0 Å². The van der Waals surface area contributed by atoms with Crippen LogP contribution >= 0.6 is 0 Å². The topological polar surface area (TPSA) is 58.6 Å². The van der Waals surface area contributed by atoms with Crippen molar-refractivity contribution in [3.63, 3.8) is 0 Å². The van der Waals surface area contributed by atoms with E-state index in [2.05, 4.69) is 5.32 Å². The van der Waals surface area contributed by atoms with Crippen LogP contribution in [-0.4, -0.2) is 29.8 Å². The van der Waals surface area contributed by atoms with Crippen LogP contribution < -0.4 is 5.32 Å². The molecular formula is C13H19NO3. The van der Waals surface area contributed by atoms with Gasteiger partial charge in [0, 0.05) is 6.54 Å². The van der Waals surface area contributed by atoms with E-state index in [1.54, 1.807) is 13.8 Å². The van der Waals surface area contributed by atoms with Crippen molar-refractivity contribution in [3.8, 4) is 0 Å². The summed E-state index contributed by atoms with van der Waals surface area (Å²) in [5.41, 5.74) is 0.137. The van der Waals surface area contributed by atoms with Crippen LogP contribution in [0.25, 0.3) is 0 Å². The Balaban J connectivity index is 2.17. The van der Waals surface area contributed by atoms with Crippen molar-refractivity contribution in [2.45, 2.75) is 26.1 Å². The van der Waals surface area contributed by atoms with Gasteiger partial charge in [0.2, 0.25) is 5.91 Å². The highest BCUT2D eigenvalue weighted by Crippen LogP contribution is 2.00. The summed E-state index contributed by atoms with van der Waals surface area (Å²) in [5.74, 6) is -0.219. The summed E-state index contributed by atoms with van der Waals surface area (Å²) in [4.78, 5) is 11.3. The Hall–Kier alpha value is -1.39. The predicted molar refractivity (Wildman–Crippen MR) is 65.4 cm³/mol. The smallest absolute Gasteiger partial charge is 0.246 e. The second-order valence-corrected chi connectivity index (χ2v) is 4.57. The number of rotatable bonds is 6. The number of nitrogens with one attached hydrogen (secondary N) is 1. The van der Waals surface area contributed by atoms with Crippen molar-refractivity contribution in [2.75, 3.05) is 13.2 Å². The maximum Gasteiger partial charge on any atom is 0.246 e. The molecule has 0 aliphatic rings. The molecule has 0 saturated carbocycles. The van der Waals surface area contributed by atoms with Gasteiger partial charge in [0.05, 0.1) is 12.2 Å². The lowest BCUT2D eigenvalue weighted by Crippen LogP contribution is -2.39. The summed E-state index contributed by atoms with van der Waals surface area (Å²) in [6.07, 6.45) is 0. The minimum atomic E-state index is -0.894. The van der Waals surface area contributed by atoms with Crippen LogP contribution in [0.5, 0.6) is 0 Å². The highest BCUT2D eigenvalue weighted by molar-refractivity contribution is 5.77. The van der Waals surface area contributed by atoms with E-state index in [4.69, 9.17) is 4.74 Å². The molecule has 0 unspecified atom stereocenters. The van der Waals surface area contributed by atoms with Crippen molar-refractivity contribution >= 4 is 5.91 Å². The number of amides is 1. The van der Waals surface area contributed by atoms with Gasteiger partial charge in [-0.1, -0.05) is 30.3 Å². The lowest BCUT2D eigenvalue weighted by Gasteiger charge is -2.17. The molecule has 4 nitrogen and oxygen atoms in total. The van der Waals surface area contributed by atoms with Gasteiger partial charge in [-0.3, -0.25) is 4.79 Å². The molecule has 0 spiro atoms. The van der Waals surface area contributed by atoms with Gasteiger partial charge in [-0.15, -0.1) is 0 Å². The highest BCUT2D eigenvalue weighted by Gasteiger charge is 2.13. The first-order valence-corrected chi connectivity index (χ1v) is 5.58. The number of benzene rings is 1. The molecule has 2 N–H and O–H groups in total. The molecule has 94 valence electrons. The number of ether oxygens (including phenoxy) is 1. The zero-order valence-electron chi connectivity index (χ0n) is 10.3. The fraction of sp³-hybridized carbons (Fsp3) is 0.462. The Bertz CT molecular complexity index is 343. The molecule has 0 aliphatic heterocycles. The summed E-state index contributed by atoms with van der Waals surface area (Å²) in [6, 6.07) is 9.66. The van der Waals surface area contributed by atoms with Crippen LogP contribution in [0, 0.1) is 0 Å². The minimum Gasteiger partial charge on any atom is -0.389 e. The number of hydrogen-bond donors (Lipinski definition) is 2. The number of carbonyl (C=O) groups is 1. The molecule has 0 atom stereocenters. The quantitative estimate of drug-likeness (QED) is 0.778. The largest absolute Gasteiger partial charge is 0.389 e. The lowest BCUT2D eigenvalue weighted by atomic mass is 10.1. The Kier molecular flexibility index (Phi) is 5.12. The maximum absolute atomic E-state index is 11.3. The van der Waals surface area contributed by atoms with E-state index in [0.717, 1.165) is 5.56 Å². The molecule has 1 amide bonds. The molecule has 0 bridgehead atoms. The van der Waals surface area contributed by atoms with Crippen molar-refractivity contribution < 1.29 is 14.6 Å². The van der Waals surface area contributed by atoms with Gasteiger partial charge in [0.15, 0.2) is 0 Å². The average Bonchev–Trinajstić information content (AvgIpc) is 2.27. The fourth-order valence-corrected chi connectivity index (χ4v) is 1.20. The van der Waals surface area contributed by atoms with E-state index >= 15 is 0 Å². The van der Waals surface area contributed by atoms with E-state index in [1.807, 2.05) is 30.3 Å². The minimum absolute atomic E-state index is 0.00493. The number of hydrogen-bond acceptors (Lipinski definition) is 3. The SMILES string of the molecule is CC(C)(O)CNC(=O)COCc1ccccc1. The third kappa shape index (κ3) is 6.71. The van der Waals surface area contributed by atoms with Gasteiger partial charge in [-0.2, -0.15) is 0 Å². The van der Waals surface area contributed by atoms with Crippen LogP contribution in [0.1, 0.15) is 19.4 Å². The van der Waals surface area contributed by atoms with E-state index in [1.165, 1.54) is 0 Å². The second-order valence-electron chi connectivity index (χ2n) is 4.57. The van der Waals surface area contributed by atoms with Gasteiger partial charge in [-0.25, -0.2) is 0 Å². The first-order valence-electron chi connectivity index (χ1n) is 5.58. The number of aliphatic hydroxyl groups is 1. The second kappa shape index (κ2) is 6.37. The summed E-state index contributed by atoms with van der Waals surface area (Å²) in [7, 11) is 0. The zero-order valence-corrected chi connectivity index (χ0v) is 10.3.